The van der Waals surface area contributed by atoms with E-state index in [0.29, 0.717) is 5.71 Å². The maximum absolute atomic E-state index is 11.2. The number of sulfonamides is 1. The fourth-order valence-corrected chi connectivity index (χ4v) is 2.32. The van der Waals surface area contributed by atoms with Gasteiger partial charge in [0.2, 0.25) is 10.0 Å². The summed E-state index contributed by atoms with van der Waals surface area (Å²) in [6.45, 7) is 2.48. The highest BCUT2D eigenvalue weighted by Gasteiger charge is 2.43. The second-order valence-electron chi connectivity index (χ2n) is 4.91. The quantitative estimate of drug-likeness (QED) is 0.268. The summed E-state index contributed by atoms with van der Waals surface area (Å²) in [6, 6.07) is 0. The van der Waals surface area contributed by atoms with Crippen LogP contribution in [0.2, 0.25) is 0 Å². The molecule has 1 fully saturated rings. The maximum atomic E-state index is 11.2. The summed E-state index contributed by atoms with van der Waals surface area (Å²) >= 11 is 0. The van der Waals surface area contributed by atoms with Crippen LogP contribution < -0.4 is 4.83 Å². The van der Waals surface area contributed by atoms with Gasteiger partial charge >= 0.3 is 0 Å². The minimum atomic E-state index is -3.47. The van der Waals surface area contributed by atoms with E-state index in [0.717, 1.165) is 0 Å². The smallest absolute Gasteiger partial charge is 0.247 e. The summed E-state index contributed by atoms with van der Waals surface area (Å²) in [6.07, 6.45) is -6.11. The number of nitrogens with zero attached hydrogens (tertiary/aromatic N) is 1. The first-order valence-corrected chi connectivity index (χ1v) is 8.20. The Bertz CT molecular complexity index is 465. The molecule has 2 unspecified atom stereocenters. The summed E-state index contributed by atoms with van der Waals surface area (Å²) in [7, 11) is -3.47. The Morgan fingerprint density at radius 3 is 2.29 bits per heavy atom. The molecule has 0 aromatic carbocycles. The van der Waals surface area contributed by atoms with Gasteiger partial charge in [-0.3, -0.25) is 0 Å². The molecule has 1 rings (SSSR count). The van der Waals surface area contributed by atoms with Gasteiger partial charge in [0, 0.05) is 12.1 Å². The van der Waals surface area contributed by atoms with Crippen molar-refractivity contribution in [2.75, 3.05) is 12.4 Å². The highest BCUT2D eigenvalue weighted by atomic mass is 32.2. The number of hydrazone groups is 1. The second-order valence-corrected chi connectivity index (χ2v) is 6.90. The van der Waals surface area contributed by atoms with E-state index in [1.807, 2.05) is 4.83 Å². The molecule has 0 aromatic heterocycles. The minimum Gasteiger partial charge on any atom is -0.394 e. The molecule has 1 aliphatic heterocycles. The third kappa shape index (κ3) is 4.87. The fourth-order valence-electron chi connectivity index (χ4n) is 1.90. The van der Waals surface area contributed by atoms with Crippen LogP contribution in [0.3, 0.4) is 0 Å². The van der Waals surface area contributed by atoms with E-state index in [1.54, 1.807) is 0 Å². The summed E-state index contributed by atoms with van der Waals surface area (Å²) in [5.74, 6) is -0.121. The molecule has 9 nitrogen and oxygen atoms in total. The summed E-state index contributed by atoms with van der Waals surface area (Å²) < 4.78 is 27.8. The zero-order valence-electron chi connectivity index (χ0n) is 11.9. The van der Waals surface area contributed by atoms with Crippen molar-refractivity contribution in [3.8, 4) is 0 Å². The average molecular weight is 326 g/mol. The van der Waals surface area contributed by atoms with Crippen molar-refractivity contribution >= 4 is 15.7 Å². The molecule has 10 heteroatoms. The molecule has 5 atom stereocenters. The molecule has 0 amide bonds. The van der Waals surface area contributed by atoms with Crippen LogP contribution >= 0.6 is 0 Å². The number of rotatable bonds is 6. The number of hydrogen-bond acceptors (Lipinski definition) is 8. The standard InChI is InChI=1S/C11H22N2O7S/c1-3-21(18,19)13-12-6(2)4-7-9(15)11(17)10(16)8(5-14)20-7/h7-11,13-17H,3-5H2,1-2H3/b12-6+/t7?,8?,9-,10-,11+/m0/s1. The van der Waals surface area contributed by atoms with Gasteiger partial charge < -0.3 is 25.2 Å². The number of nitrogens with one attached hydrogen (secondary N) is 1. The first kappa shape index (κ1) is 18.3. The molecular weight excluding hydrogens is 304 g/mol. The van der Waals surface area contributed by atoms with Gasteiger partial charge in [0.1, 0.15) is 24.4 Å². The summed E-state index contributed by atoms with van der Waals surface area (Å²) in [4.78, 5) is 2.02. The molecule has 0 saturated carbocycles. The Morgan fingerprint density at radius 2 is 1.76 bits per heavy atom. The van der Waals surface area contributed by atoms with Crippen molar-refractivity contribution in [3.63, 3.8) is 0 Å². The molecule has 1 aliphatic rings. The largest absolute Gasteiger partial charge is 0.394 e. The van der Waals surface area contributed by atoms with Gasteiger partial charge in [0.15, 0.2) is 0 Å². The summed E-state index contributed by atoms with van der Waals surface area (Å²) in [5.41, 5.74) is 0.330. The van der Waals surface area contributed by atoms with Crippen LogP contribution in [0.1, 0.15) is 20.3 Å². The average Bonchev–Trinajstić information content (AvgIpc) is 2.46. The van der Waals surface area contributed by atoms with Gasteiger partial charge in [-0.2, -0.15) is 5.10 Å². The van der Waals surface area contributed by atoms with Crippen molar-refractivity contribution in [2.24, 2.45) is 5.10 Å². The zero-order valence-corrected chi connectivity index (χ0v) is 12.7. The van der Waals surface area contributed by atoms with E-state index in [4.69, 9.17) is 9.84 Å². The number of ether oxygens (including phenoxy) is 1. The van der Waals surface area contributed by atoms with Crippen LogP contribution in [0.15, 0.2) is 5.10 Å². The molecule has 0 aliphatic carbocycles. The highest BCUT2D eigenvalue weighted by Crippen LogP contribution is 2.23. The lowest BCUT2D eigenvalue weighted by Gasteiger charge is -2.40. The van der Waals surface area contributed by atoms with E-state index >= 15 is 0 Å². The van der Waals surface area contributed by atoms with Gasteiger partial charge in [0.05, 0.1) is 18.5 Å². The fraction of sp³-hybridized carbons (Fsp3) is 0.909. The van der Waals surface area contributed by atoms with Crippen LogP contribution in [-0.2, 0) is 14.8 Å². The van der Waals surface area contributed by atoms with Crippen LogP contribution in [0.25, 0.3) is 0 Å². The number of aliphatic hydroxyl groups is 4. The molecule has 5 N–H and O–H groups in total. The predicted molar refractivity (Wildman–Crippen MR) is 74.1 cm³/mol. The molecular formula is C11H22N2O7S. The molecule has 1 heterocycles. The van der Waals surface area contributed by atoms with Gasteiger partial charge in [-0.05, 0) is 13.8 Å². The molecule has 21 heavy (non-hydrogen) atoms. The van der Waals surface area contributed by atoms with E-state index in [2.05, 4.69) is 5.10 Å². The second kappa shape index (κ2) is 7.47. The lowest BCUT2D eigenvalue weighted by Crippen LogP contribution is -2.58. The van der Waals surface area contributed by atoms with Crippen LogP contribution in [0, 0.1) is 0 Å². The lowest BCUT2D eigenvalue weighted by molar-refractivity contribution is -0.227. The third-order valence-corrected chi connectivity index (χ3v) is 4.37. The van der Waals surface area contributed by atoms with Crippen molar-refractivity contribution < 1.29 is 33.6 Å². The Labute approximate surface area is 123 Å². The Morgan fingerprint density at radius 1 is 1.19 bits per heavy atom. The normalized spacial score (nSPS) is 34.8. The van der Waals surface area contributed by atoms with Crippen LogP contribution in [0.4, 0.5) is 0 Å². The predicted octanol–water partition coefficient (Wildman–Crippen LogP) is -2.47. The Kier molecular flexibility index (Phi) is 6.50. The van der Waals surface area contributed by atoms with Crippen molar-refractivity contribution in [3.05, 3.63) is 0 Å². The first-order chi connectivity index (χ1) is 9.71. The van der Waals surface area contributed by atoms with E-state index in [-0.39, 0.29) is 12.2 Å². The molecule has 0 spiro atoms. The van der Waals surface area contributed by atoms with Gasteiger partial charge in [-0.15, -0.1) is 0 Å². The van der Waals surface area contributed by atoms with E-state index in [9.17, 15) is 23.7 Å². The van der Waals surface area contributed by atoms with Gasteiger partial charge in [0.25, 0.3) is 0 Å². The van der Waals surface area contributed by atoms with Crippen molar-refractivity contribution in [1.29, 1.82) is 0 Å². The zero-order chi connectivity index (χ0) is 16.2. The minimum absolute atomic E-state index is 0.0354. The Hall–Kier alpha value is -0.780. The SMILES string of the molecule is CCS(=O)(=O)N/N=C(\C)CC1OC(CO)[C@H](O)[C@H](O)[C@H]1O. The van der Waals surface area contributed by atoms with Crippen molar-refractivity contribution in [2.45, 2.75) is 50.8 Å². The maximum Gasteiger partial charge on any atom is 0.247 e. The molecule has 124 valence electrons. The third-order valence-electron chi connectivity index (χ3n) is 3.24. The van der Waals surface area contributed by atoms with Crippen LogP contribution in [-0.4, -0.2) is 77.4 Å². The van der Waals surface area contributed by atoms with E-state index < -0.39 is 47.2 Å². The van der Waals surface area contributed by atoms with Gasteiger partial charge in [-0.25, -0.2) is 13.2 Å². The van der Waals surface area contributed by atoms with Crippen molar-refractivity contribution in [1.82, 2.24) is 4.83 Å². The first-order valence-electron chi connectivity index (χ1n) is 6.55. The molecule has 0 bridgehead atoms. The molecule has 0 radical (unpaired) electrons. The highest BCUT2D eigenvalue weighted by molar-refractivity contribution is 7.89. The summed E-state index contributed by atoms with van der Waals surface area (Å²) in [5, 5.41) is 41.8. The molecule has 0 aromatic rings. The van der Waals surface area contributed by atoms with Gasteiger partial charge in [-0.1, -0.05) is 0 Å². The monoisotopic (exact) mass is 326 g/mol. The molecule has 1 saturated heterocycles. The van der Waals surface area contributed by atoms with E-state index in [1.165, 1.54) is 13.8 Å². The topological polar surface area (TPSA) is 149 Å². The lowest BCUT2D eigenvalue weighted by atomic mass is 9.93. The Balaban J connectivity index is 2.70. The number of aliphatic hydroxyl groups excluding tert-OH is 4. The van der Waals surface area contributed by atoms with Crippen LogP contribution in [0.5, 0.6) is 0 Å². The number of hydrogen-bond donors (Lipinski definition) is 5.